The van der Waals surface area contributed by atoms with Crippen molar-refractivity contribution in [3.8, 4) is 34.3 Å². The van der Waals surface area contributed by atoms with E-state index in [1.165, 1.54) is 24.3 Å². The first-order valence-electron chi connectivity index (χ1n) is 12.5. The largest absolute Gasteiger partial charge is 0.508 e. The van der Waals surface area contributed by atoms with Gasteiger partial charge in [-0.15, -0.1) is 0 Å². The molecule has 1 aliphatic heterocycles. The third-order valence-corrected chi connectivity index (χ3v) is 6.88. The van der Waals surface area contributed by atoms with Gasteiger partial charge in [-0.05, 0) is 42.7 Å². The molecule has 0 bridgehead atoms. The summed E-state index contributed by atoms with van der Waals surface area (Å²) in [7, 11) is 0. The molecule has 0 amide bonds. The molecule has 5 rings (SSSR count). The molecule has 0 radical (unpaired) electrons. The normalized spacial score (nSPS) is 22.5. The predicted molar refractivity (Wildman–Crippen MR) is 142 cm³/mol. The van der Waals surface area contributed by atoms with E-state index in [0.29, 0.717) is 12.0 Å². The van der Waals surface area contributed by atoms with Gasteiger partial charge in [0.2, 0.25) is 12.0 Å². The first-order valence-corrected chi connectivity index (χ1v) is 12.5. The third kappa shape index (κ3) is 5.28. The van der Waals surface area contributed by atoms with Gasteiger partial charge in [-0.3, -0.25) is 4.79 Å². The fourth-order valence-electron chi connectivity index (χ4n) is 4.69. The minimum atomic E-state index is -1.97. The SMILES string of the molecule is O=C(O)[C@H]1O[C@H](Oc2cc3oc(-c4ccc(O)cc4)c(CCc4ccccc4)c(=O)c3c(O)c2O)[C@H](O)[C@@H](O)[C@@H]1O. The van der Waals surface area contributed by atoms with Crippen molar-refractivity contribution in [2.24, 2.45) is 0 Å². The van der Waals surface area contributed by atoms with Crippen LogP contribution >= 0.6 is 0 Å². The number of carboxylic acid groups (broad SMARTS) is 1. The highest BCUT2D eigenvalue weighted by atomic mass is 16.7. The van der Waals surface area contributed by atoms with Gasteiger partial charge in [0.25, 0.3) is 0 Å². The maximum atomic E-state index is 13.7. The number of phenolic OH excluding ortho intramolecular Hbond substituents is 3. The lowest BCUT2D eigenvalue weighted by Gasteiger charge is -2.38. The van der Waals surface area contributed by atoms with Crippen LogP contribution in [0.3, 0.4) is 0 Å². The highest BCUT2D eigenvalue weighted by Gasteiger charge is 2.48. The predicted octanol–water partition coefficient (Wildman–Crippen LogP) is 1.63. The Balaban J connectivity index is 1.60. The maximum absolute atomic E-state index is 13.7. The van der Waals surface area contributed by atoms with Gasteiger partial charge in [0.15, 0.2) is 23.0 Å². The van der Waals surface area contributed by atoms with Crippen LogP contribution < -0.4 is 10.2 Å². The number of aliphatic carboxylic acids is 1. The van der Waals surface area contributed by atoms with Gasteiger partial charge >= 0.3 is 5.97 Å². The smallest absolute Gasteiger partial charge is 0.335 e. The molecule has 1 fully saturated rings. The van der Waals surface area contributed by atoms with E-state index in [1.54, 1.807) is 0 Å². The lowest BCUT2D eigenvalue weighted by molar-refractivity contribution is -0.271. The van der Waals surface area contributed by atoms with Crippen LogP contribution in [-0.2, 0) is 22.4 Å². The van der Waals surface area contributed by atoms with E-state index < -0.39 is 59.4 Å². The van der Waals surface area contributed by atoms with E-state index in [-0.39, 0.29) is 34.5 Å². The lowest BCUT2D eigenvalue weighted by atomic mass is 9.98. The minimum Gasteiger partial charge on any atom is -0.508 e. The van der Waals surface area contributed by atoms with Crippen LogP contribution in [0.5, 0.6) is 23.0 Å². The Morgan fingerprint density at radius 2 is 1.54 bits per heavy atom. The summed E-state index contributed by atoms with van der Waals surface area (Å²) in [5.74, 6) is -3.92. The quantitative estimate of drug-likeness (QED) is 0.159. The Morgan fingerprint density at radius 1 is 0.854 bits per heavy atom. The van der Waals surface area contributed by atoms with Crippen LogP contribution in [0.1, 0.15) is 11.1 Å². The number of benzene rings is 3. The molecule has 7 N–H and O–H groups in total. The van der Waals surface area contributed by atoms with Crippen LogP contribution in [0.2, 0.25) is 0 Å². The second kappa shape index (κ2) is 11.1. The summed E-state index contributed by atoms with van der Waals surface area (Å²) in [4.78, 5) is 25.2. The Bertz CT molecular complexity index is 1630. The van der Waals surface area contributed by atoms with Gasteiger partial charge < -0.3 is 49.6 Å². The number of aliphatic hydroxyl groups excluding tert-OH is 3. The number of carbonyl (C=O) groups is 1. The van der Waals surface area contributed by atoms with Gasteiger partial charge in [-0.2, -0.15) is 0 Å². The molecule has 12 heteroatoms. The molecule has 1 aliphatic rings. The summed E-state index contributed by atoms with van der Waals surface area (Å²) in [5.41, 5.74) is 0.711. The van der Waals surface area contributed by atoms with Crippen molar-refractivity contribution >= 4 is 16.9 Å². The van der Waals surface area contributed by atoms with E-state index in [4.69, 9.17) is 13.9 Å². The van der Waals surface area contributed by atoms with Gasteiger partial charge in [-0.1, -0.05) is 30.3 Å². The molecule has 5 atom stereocenters. The van der Waals surface area contributed by atoms with Crippen molar-refractivity contribution in [3.05, 3.63) is 82.0 Å². The molecule has 3 aromatic carbocycles. The molecule has 0 saturated carbocycles. The number of aliphatic hydroxyl groups is 3. The monoisotopic (exact) mass is 566 g/mol. The molecule has 2 heterocycles. The van der Waals surface area contributed by atoms with Gasteiger partial charge in [-0.25, -0.2) is 4.79 Å². The highest BCUT2D eigenvalue weighted by molar-refractivity contribution is 5.90. The Kier molecular flexibility index (Phi) is 7.56. The van der Waals surface area contributed by atoms with Crippen molar-refractivity contribution in [2.45, 2.75) is 43.5 Å². The molecule has 0 unspecified atom stereocenters. The van der Waals surface area contributed by atoms with E-state index in [2.05, 4.69) is 0 Å². The van der Waals surface area contributed by atoms with Crippen molar-refractivity contribution in [1.29, 1.82) is 0 Å². The van der Waals surface area contributed by atoms with Crippen LogP contribution in [-0.4, -0.2) is 72.4 Å². The second-order valence-corrected chi connectivity index (χ2v) is 9.57. The van der Waals surface area contributed by atoms with Crippen LogP contribution in [0.4, 0.5) is 0 Å². The van der Waals surface area contributed by atoms with E-state index in [0.717, 1.165) is 11.6 Å². The van der Waals surface area contributed by atoms with E-state index >= 15 is 0 Å². The van der Waals surface area contributed by atoms with Crippen LogP contribution in [0.25, 0.3) is 22.3 Å². The van der Waals surface area contributed by atoms with Crippen molar-refractivity contribution < 1.29 is 54.4 Å². The van der Waals surface area contributed by atoms with Gasteiger partial charge in [0, 0.05) is 17.2 Å². The number of hydrogen-bond acceptors (Lipinski definition) is 11. The first kappa shape index (κ1) is 27.9. The number of fused-ring (bicyclic) bond motifs is 1. The standard InChI is InChI=1S/C29H26O12/c30-15-9-7-14(8-10-15)26-16(11-6-13-4-2-1-3-5-13)20(31)19-17(39-26)12-18(21(32)22(19)33)40-29-25(36)23(34)24(35)27(41-29)28(37)38/h1-5,7-10,12,23-25,27,29-30,32-36H,6,11H2,(H,37,38)/t23-,24-,25+,27-,29-/m0/s1. The molecule has 12 nitrogen and oxygen atoms in total. The summed E-state index contributed by atoms with van der Waals surface area (Å²) in [6, 6.07) is 16.3. The van der Waals surface area contributed by atoms with Gasteiger partial charge in [0.05, 0.1) is 0 Å². The molecular formula is C29H26O12. The van der Waals surface area contributed by atoms with E-state index in [9.17, 15) is 45.3 Å². The van der Waals surface area contributed by atoms with Gasteiger partial charge in [0.1, 0.15) is 40.8 Å². The fraction of sp³-hybridized carbons (Fsp3) is 0.241. The summed E-state index contributed by atoms with van der Waals surface area (Å²) in [6.45, 7) is 0. The third-order valence-electron chi connectivity index (χ3n) is 6.88. The summed E-state index contributed by atoms with van der Waals surface area (Å²) in [5, 5.41) is 70.5. The van der Waals surface area contributed by atoms with Crippen LogP contribution in [0, 0.1) is 0 Å². The molecule has 0 aliphatic carbocycles. The number of hydrogen-bond donors (Lipinski definition) is 7. The fourth-order valence-corrected chi connectivity index (χ4v) is 4.69. The minimum absolute atomic E-state index is 0.0148. The average Bonchev–Trinajstić information content (AvgIpc) is 2.96. The lowest BCUT2D eigenvalue weighted by Crippen LogP contribution is -2.61. The van der Waals surface area contributed by atoms with E-state index in [1.807, 2.05) is 30.3 Å². The average molecular weight is 567 g/mol. The zero-order valence-corrected chi connectivity index (χ0v) is 21.2. The summed E-state index contributed by atoms with van der Waals surface area (Å²) in [6.07, 6.45) is -9.11. The Labute approximate surface area is 231 Å². The maximum Gasteiger partial charge on any atom is 0.335 e. The zero-order valence-electron chi connectivity index (χ0n) is 21.2. The molecule has 1 saturated heterocycles. The topological polar surface area (TPSA) is 207 Å². The molecule has 1 aromatic heterocycles. The number of aryl methyl sites for hydroxylation is 1. The van der Waals surface area contributed by atoms with Crippen molar-refractivity contribution in [1.82, 2.24) is 0 Å². The Morgan fingerprint density at radius 3 is 2.20 bits per heavy atom. The molecule has 0 spiro atoms. The Hall–Kier alpha value is -4.62. The number of phenols is 3. The number of aromatic hydroxyl groups is 3. The molecule has 41 heavy (non-hydrogen) atoms. The second-order valence-electron chi connectivity index (χ2n) is 9.57. The number of rotatable bonds is 7. The number of ether oxygens (including phenoxy) is 2. The highest BCUT2D eigenvalue weighted by Crippen LogP contribution is 2.43. The van der Waals surface area contributed by atoms with Crippen molar-refractivity contribution in [2.75, 3.05) is 0 Å². The van der Waals surface area contributed by atoms with Crippen LogP contribution in [0.15, 0.2) is 69.9 Å². The summed E-state index contributed by atoms with van der Waals surface area (Å²) < 4.78 is 16.6. The molecular weight excluding hydrogens is 540 g/mol. The summed E-state index contributed by atoms with van der Waals surface area (Å²) >= 11 is 0. The molecule has 4 aromatic rings. The molecule has 214 valence electrons. The van der Waals surface area contributed by atoms with Crippen molar-refractivity contribution in [3.63, 3.8) is 0 Å². The zero-order chi connectivity index (χ0) is 29.4. The number of carboxylic acids is 1. The first-order chi connectivity index (χ1) is 19.6.